The summed E-state index contributed by atoms with van der Waals surface area (Å²) in [6, 6.07) is 12.3. The van der Waals surface area contributed by atoms with Crippen LogP contribution < -0.4 is 4.74 Å². The Hall–Kier alpha value is -1.28. The van der Waals surface area contributed by atoms with Gasteiger partial charge in [-0.15, -0.1) is 0 Å². The van der Waals surface area contributed by atoms with Crippen LogP contribution >= 0.6 is 15.9 Å². The third-order valence-electron chi connectivity index (χ3n) is 2.63. The van der Waals surface area contributed by atoms with Gasteiger partial charge in [0, 0.05) is 10.9 Å². The number of alkyl halides is 1. The van der Waals surface area contributed by atoms with Crippen molar-refractivity contribution in [2.75, 3.05) is 12.4 Å². The molecule has 0 bridgehead atoms. The van der Waals surface area contributed by atoms with Gasteiger partial charge in [-0.05, 0) is 22.4 Å². The van der Waals surface area contributed by atoms with Crippen molar-refractivity contribution in [2.24, 2.45) is 0 Å². The Morgan fingerprint density at radius 2 is 2.00 bits per heavy atom. The lowest BCUT2D eigenvalue weighted by Gasteiger charge is -2.12. The zero-order valence-electron chi connectivity index (χ0n) is 9.16. The van der Waals surface area contributed by atoms with Gasteiger partial charge in [-0.3, -0.25) is 0 Å². The first-order chi connectivity index (χ1) is 7.77. The number of hydrogen-bond acceptors (Lipinski definition) is 1. The Morgan fingerprint density at radius 3 is 2.69 bits per heavy atom. The molecule has 82 valence electrons. The van der Waals surface area contributed by atoms with Gasteiger partial charge in [0.2, 0.25) is 0 Å². The molecule has 0 unspecified atom stereocenters. The first-order valence-corrected chi connectivity index (χ1v) is 6.20. The maximum Gasteiger partial charge on any atom is 0.127 e. The fourth-order valence-electron chi connectivity index (χ4n) is 1.85. The van der Waals surface area contributed by atoms with Gasteiger partial charge >= 0.3 is 0 Å². The van der Waals surface area contributed by atoms with E-state index >= 15 is 0 Å². The molecule has 0 saturated carbocycles. The minimum Gasteiger partial charge on any atom is -0.496 e. The highest BCUT2D eigenvalue weighted by Crippen LogP contribution is 2.33. The van der Waals surface area contributed by atoms with Crippen LogP contribution in [0.15, 0.2) is 43.0 Å². The number of allylic oxidation sites excluding steroid dienone is 1. The molecule has 0 aliphatic rings. The molecular formula is C14H13BrO. The monoisotopic (exact) mass is 276 g/mol. The molecule has 0 aliphatic carbocycles. The van der Waals surface area contributed by atoms with E-state index in [4.69, 9.17) is 4.74 Å². The van der Waals surface area contributed by atoms with Gasteiger partial charge in [0.25, 0.3) is 0 Å². The number of hydrogen-bond donors (Lipinski definition) is 0. The lowest BCUT2D eigenvalue weighted by atomic mass is 9.99. The molecule has 0 saturated heterocycles. The number of halogens is 1. The van der Waals surface area contributed by atoms with E-state index in [0.29, 0.717) is 0 Å². The van der Waals surface area contributed by atoms with Crippen LogP contribution in [0.5, 0.6) is 5.75 Å². The Bertz CT molecular complexity index is 531. The zero-order valence-corrected chi connectivity index (χ0v) is 10.8. The summed E-state index contributed by atoms with van der Waals surface area (Å²) in [6.45, 7) is 4.08. The highest BCUT2D eigenvalue weighted by molar-refractivity contribution is 9.09. The lowest BCUT2D eigenvalue weighted by Crippen LogP contribution is -1.93. The topological polar surface area (TPSA) is 9.23 Å². The maximum absolute atomic E-state index is 5.39. The molecule has 1 nitrogen and oxygen atoms in total. The van der Waals surface area contributed by atoms with Gasteiger partial charge in [0.05, 0.1) is 7.11 Å². The summed E-state index contributed by atoms with van der Waals surface area (Å²) < 4.78 is 5.39. The average molecular weight is 277 g/mol. The number of ether oxygens (including phenoxy) is 1. The van der Waals surface area contributed by atoms with Crippen molar-refractivity contribution in [2.45, 2.75) is 0 Å². The summed E-state index contributed by atoms with van der Waals surface area (Å²) in [6.07, 6.45) is 0. The molecule has 2 aromatic rings. The first-order valence-electron chi connectivity index (χ1n) is 5.07. The largest absolute Gasteiger partial charge is 0.496 e. The maximum atomic E-state index is 5.39. The predicted octanol–water partition coefficient (Wildman–Crippen LogP) is 4.26. The first kappa shape index (κ1) is 11.2. The van der Waals surface area contributed by atoms with Gasteiger partial charge in [-0.25, -0.2) is 0 Å². The molecule has 0 heterocycles. The van der Waals surface area contributed by atoms with E-state index in [2.05, 4.69) is 40.7 Å². The van der Waals surface area contributed by atoms with Gasteiger partial charge in [0.15, 0.2) is 0 Å². The fraction of sp³-hybridized carbons (Fsp3) is 0.143. The number of benzene rings is 2. The molecule has 0 spiro atoms. The van der Waals surface area contributed by atoms with Crippen LogP contribution in [0.25, 0.3) is 16.3 Å². The van der Waals surface area contributed by atoms with Crippen molar-refractivity contribution in [1.29, 1.82) is 0 Å². The molecule has 0 N–H and O–H groups in total. The Labute approximate surface area is 104 Å². The van der Waals surface area contributed by atoms with Crippen LogP contribution in [0.1, 0.15) is 5.56 Å². The summed E-state index contributed by atoms with van der Waals surface area (Å²) in [7, 11) is 1.69. The smallest absolute Gasteiger partial charge is 0.127 e. The number of methoxy groups -OCH3 is 1. The second kappa shape index (κ2) is 4.71. The van der Waals surface area contributed by atoms with E-state index in [-0.39, 0.29) is 0 Å². The molecule has 0 radical (unpaired) electrons. The predicted molar refractivity (Wildman–Crippen MR) is 73.3 cm³/mol. The molecule has 0 fully saturated rings. The molecule has 0 aliphatic heterocycles. The summed E-state index contributed by atoms with van der Waals surface area (Å²) in [5.74, 6) is 0.878. The SMILES string of the molecule is C=C(CBr)c1c(OC)ccc2ccccc12. The van der Waals surface area contributed by atoms with Crippen LogP contribution in [0, 0.1) is 0 Å². The van der Waals surface area contributed by atoms with E-state index in [0.717, 1.165) is 22.2 Å². The van der Waals surface area contributed by atoms with Crippen molar-refractivity contribution in [3.05, 3.63) is 48.5 Å². The molecule has 2 aromatic carbocycles. The summed E-state index contributed by atoms with van der Waals surface area (Å²) in [5, 5.41) is 3.14. The van der Waals surface area contributed by atoms with E-state index in [9.17, 15) is 0 Å². The Kier molecular flexibility index (Phi) is 3.30. The Balaban J connectivity index is 2.78. The van der Waals surface area contributed by atoms with E-state index in [1.54, 1.807) is 7.11 Å². The number of rotatable bonds is 3. The molecular weight excluding hydrogens is 264 g/mol. The minimum absolute atomic E-state index is 0.747. The molecule has 2 heteroatoms. The van der Waals surface area contributed by atoms with E-state index < -0.39 is 0 Å². The van der Waals surface area contributed by atoms with Crippen LogP contribution in [-0.4, -0.2) is 12.4 Å². The molecule has 0 atom stereocenters. The molecule has 16 heavy (non-hydrogen) atoms. The molecule has 0 aromatic heterocycles. The van der Waals surface area contributed by atoms with E-state index in [1.807, 2.05) is 18.2 Å². The van der Waals surface area contributed by atoms with E-state index in [1.165, 1.54) is 10.8 Å². The Morgan fingerprint density at radius 1 is 1.25 bits per heavy atom. The van der Waals surface area contributed by atoms with Crippen LogP contribution in [-0.2, 0) is 0 Å². The van der Waals surface area contributed by atoms with Crippen molar-refractivity contribution < 1.29 is 4.74 Å². The van der Waals surface area contributed by atoms with Gasteiger partial charge < -0.3 is 4.74 Å². The second-order valence-electron chi connectivity index (χ2n) is 3.60. The summed E-state index contributed by atoms with van der Waals surface area (Å²) in [5.41, 5.74) is 2.13. The fourth-order valence-corrected chi connectivity index (χ4v) is 2.13. The standard InChI is InChI=1S/C14H13BrO/c1-10(9-15)14-12-6-4-3-5-11(12)7-8-13(14)16-2/h3-8H,1,9H2,2H3. The molecule has 0 amide bonds. The van der Waals surface area contributed by atoms with Crippen LogP contribution in [0.2, 0.25) is 0 Å². The lowest BCUT2D eigenvalue weighted by molar-refractivity contribution is 0.414. The third-order valence-corrected chi connectivity index (χ3v) is 3.30. The van der Waals surface area contributed by atoms with Crippen molar-refractivity contribution in [1.82, 2.24) is 0 Å². The van der Waals surface area contributed by atoms with Crippen molar-refractivity contribution >= 4 is 32.3 Å². The van der Waals surface area contributed by atoms with Crippen LogP contribution in [0.3, 0.4) is 0 Å². The third kappa shape index (κ3) is 1.85. The quantitative estimate of drug-likeness (QED) is 0.762. The second-order valence-corrected chi connectivity index (χ2v) is 4.16. The van der Waals surface area contributed by atoms with Gasteiger partial charge in [0.1, 0.15) is 5.75 Å². The van der Waals surface area contributed by atoms with Crippen LogP contribution in [0.4, 0.5) is 0 Å². The zero-order chi connectivity index (χ0) is 11.5. The van der Waals surface area contributed by atoms with Gasteiger partial charge in [-0.1, -0.05) is 52.8 Å². The summed E-state index contributed by atoms with van der Waals surface area (Å²) >= 11 is 3.45. The van der Waals surface area contributed by atoms with Crippen molar-refractivity contribution in [3.8, 4) is 5.75 Å². The van der Waals surface area contributed by atoms with Crippen molar-refractivity contribution in [3.63, 3.8) is 0 Å². The highest BCUT2D eigenvalue weighted by atomic mass is 79.9. The summed E-state index contributed by atoms with van der Waals surface area (Å²) in [4.78, 5) is 0. The molecule has 2 rings (SSSR count). The average Bonchev–Trinajstić information content (AvgIpc) is 2.36. The normalized spacial score (nSPS) is 10.4. The number of fused-ring (bicyclic) bond motifs is 1. The highest BCUT2D eigenvalue weighted by Gasteiger charge is 2.10. The minimum atomic E-state index is 0.747. The van der Waals surface area contributed by atoms with Gasteiger partial charge in [-0.2, -0.15) is 0 Å².